The Morgan fingerprint density at radius 1 is 0.864 bits per heavy atom. The molecule has 2 aromatic carbocycles. The summed E-state index contributed by atoms with van der Waals surface area (Å²) in [5.74, 6) is -0.0929. The second kappa shape index (κ2) is 6.46. The first-order valence-electron chi connectivity index (χ1n) is 6.52. The highest BCUT2D eigenvalue weighted by Crippen LogP contribution is 2.30. The molecule has 0 saturated heterocycles. The smallest absolute Gasteiger partial charge is 0.194 e. The molecule has 22 heavy (non-hydrogen) atoms. The Hall–Kier alpha value is -1.91. The van der Waals surface area contributed by atoms with Crippen molar-refractivity contribution in [2.24, 2.45) is 5.50 Å². The Morgan fingerprint density at radius 3 is 1.91 bits per heavy atom. The number of hydrogen-bond donors (Lipinski definition) is 1. The normalized spacial score (nSPS) is 12.5. The van der Waals surface area contributed by atoms with E-state index in [-0.39, 0.29) is 11.6 Å². The van der Waals surface area contributed by atoms with Crippen LogP contribution in [0.1, 0.15) is 43.0 Å². The van der Waals surface area contributed by atoms with Crippen molar-refractivity contribution in [3.63, 3.8) is 0 Å². The molecule has 0 heterocycles. The number of rotatable bonds is 0. The maximum Gasteiger partial charge on any atom is 0.194 e. The Labute approximate surface area is 129 Å². The van der Waals surface area contributed by atoms with Crippen LogP contribution < -0.4 is 15.3 Å². The van der Waals surface area contributed by atoms with Gasteiger partial charge in [0.15, 0.2) is 11.6 Å². The van der Waals surface area contributed by atoms with Gasteiger partial charge >= 0.3 is 0 Å². The largest absolute Gasteiger partial charge is 0.830 e. The zero-order valence-corrected chi connectivity index (χ0v) is 13.0. The SMILES string of the molecule is Cc1ccc2c(c1C)C(=O)c1ccccc1C2=O.NP([O-])[O-]. The van der Waals surface area contributed by atoms with E-state index < -0.39 is 8.53 Å². The van der Waals surface area contributed by atoms with Crippen LogP contribution in [-0.2, 0) is 0 Å². The van der Waals surface area contributed by atoms with Crippen LogP contribution in [0.5, 0.6) is 0 Å². The first-order chi connectivity index (χ1) is 10.3. The van der Waals surface area contributed by atoms with Crippen LogP contribution in [0.4, 0.5) is 0 Å². The monoisotopic (exact) mass is 315 g/mol. The highest BCUT2D eigenvalue weighted by Gasteiger charge is 2.30. The van der Waals surface area contributed by atoms with Gasteiger partial charge in [0.2, 0.25) is 0 Å². The Balaban J connectivity index is 0.000000396. The lowest BCUT2D eigenvalue weighted by Gasteiger charge is -2.22. The molecule has 0 amide bonds. The first kappa shape index (κ1) is 16.5. The van der Waals surface area contributed by atoms with Crippen LogP contribution in [0.15, 0.2) is 36.4 Å². The quantitative estimate of drug-likeness (QED) is 0.622. The van der Waals surface area contributed by atoms with Crippen molar-refractivity contribution in [3.8, 4) is 0 Å². The lowest BCUT2D eigenvalue weighted by molar-refractivity contribution is -0.292. The Morgan fingerprint density at radius 2 is 1.36 bits per heavy atom. The predicted molar refractivity (Wildman–Crippen MR) is 80.3 cm³/mol. The number of hydrogen-bond acceptors (Lipinski definition) is 5. The van der Waals surface area contributed by atoms with Gasteiger partial charge in [-0.25, -0.2) is 8.53 Å². The molecule has 3 rings (SSSR count). The molecule has 0 aromatic heterocycles. The second-order valence-electron chi connectivity index (χ2n) is 4.92. The number of carbonyl (C=O) groups excluding carboxylic acids is 2. The summed E-state index contributed by atoms with van der Waals surface area (Å²) in [6.07, 6.45) is 0. The lowest BCUT2D eigenvalue weighted by Crippen LogP contribution is -2.22. The minimum atomic E-state index is -2.62. The van der Waals surface area contributed by atoms with E-state index in [0.29, 0.717) is 22.3 Å². The van der Waals surface area contributed by atoms with E-state index in [2.05, 4.69) is 5.50 Å². The average molecular weight is 315 g/mol. The van der Waals surface area contributed by atoms with E-state index in [1.165, 1.54) is 0 Å². The molecule has 1 aliphatic carbocycles. The lowest BCUT2D eigenvalue weighted by atomic mass is 9.81. The van der Waals surface area contributed by atoms with Crippen molar-refractivity contribution in [1.29, 1.82) is 0 Å². The molecule has 2 N–H and O–H groups in total. The minimum absolute atomic E-state index is 0.0404. The molecule has 1 aliphatic rings. The van der Waals surface area contributed by atoms with E-state index in [9.17, 15) is 9.59 Å². The van der Waals surface area contributed by atoms with Gasteiger partial charge in [0.05, 0.1) is 0 Å². The summed E-state index contributed by atoms with van der Waals surface area (Å²) in [5, 5.41) is 0. The summed E-state index contributed by atoms with van der Waals surface area (Å²) in [4.78, 5) is 42.5. The number of nitrogens with two attached hydrogens (primary N) is 1. The summed E-state index contributed by atoms with van der Waals surface area (Å²) in [6.45, 7) is 3.85. The number of carbonyl (C=O) groups is 2. The van der Waals surface area contributed by atoms with Crippen molar-refractivity contribution in [1.82, 2.24) is 0 Å². The van der Waals surface area contributed by atoms with E-state index in [1.807, 2.05) is 19.9 Å². The van der Waals surface area contributed by atoms with Crippen LogP contribution in [0.25, 0.3) is 0 Å². The predicted octanol–water partition coefficient (Wildman–Crippen LogP) is 0.971. The molecule has 6 heteroatoms. The number of fused-ring (bicyclic) bond motifs is 2. The molecule has 0 spiro atoms. The summed E-state index contributed by atoms with van der Waals surface area (Å²) in [6, 6.07) is 10.7. The van der Waals surface area contributed by atoms with Gasteiger partial charge in [-0.1, -0.05) is 36.4 Å². The van der Waals surface area contributed by atoms with Crippen LogP contribution in [-0.4, -0.2) is 11.6 Å². The Bertz CT molecular complexity index is 753. The van der Waals surface area contributed by atoms with Gasteiger partial charge in [-0.3, -0.25) is 9.59 Å². The van der Waals surface area contributed by atoms with Crippen molar-refractivity contribution in [2.75, 3.05) is 0 Å². The van der Waals surface area contributed by atoms with E-state index >= 15 is 0 Å². The van der Waals surface area contributed by atoms with Gasteiger partial charge in [-0.2, -0.15) is 0 Å². The fourth-order valence-corrected chi connectivity index (χ4v) is 2.46. The van der Waals surface area contributed by atoms with Gasteiger partial charge < -0.3 is 15.3 Å². The van der Waals surface area contributed by atoms with Crippen LogP contribution in [0.3, 0.4) is 0 Å². The minimum Gasteiger partial charge on any atom is -0.830 e. The molecule has 0 unspecified atom stereocenters. The van der Waals surface area contributed by atoms with E-state index in [0.717, 1.165) is 11.1 Å². The maximum absolute atomic E-state index is 12.5. The molecule has 0 fully saturated rings. The summed E-state index contributed by atoms with van der Waals surface area (Å²) >= 11 is 0. The molecule has 0 radical (unpaired) electrons. The summed E-state index contributed by atoms with van der Waals surface area (Å²) in [5.41, 5.74) is 8.13. The third-order valence-corrected chi connectivity index (χ3v) is 3.62. The number of ketones is 2. The summed E-state index contributed by atoms with van der Waals surface area (Å²) in [7, 11) is -2.62. The molecule has 0 atom stereocenters. The molecule has 0 aliphatic heterocycles. The van der Waals surface area contributed by atoms with Crippen LogP contribution in [0, 0.1) is 13.8 Å². The van der Waals surface area contributed by atoms with Crippen molar-refractivity contribution in [3.05, 3.63) is 69.8 Å². The second-order valence-corrected chi connectivity index (χ2v) is 5.49. The first-order valence-corrected chi connectivity index (χ1v) is 7.77. The highest BCUT2D eigenvalue weighted by atomic mass is 31.2. The zero-order chi connectivity index (χ0) is 16.4. The Kier molecular flexibility index (Phi) is 4.84. The third-order valence-electron chi connectivity index (χ3n) is 3.62. The van der Waals surface area contributed by atoms with Crippen LogP contribution in [0.2, 0.25) is 0 Å². The maximum atomic E-state index is 12.5. The fraction of sp³-hybridized carbons (Fsp3) is 0.125. The van der Waals surface area contributed by atoms with Crippen molar-refractivity contribution < 1.29 is 19.4 Å². The van der Waals surface area contributed by atoms with E-state index in [1.54, 1.807) is 30.3 Å². The van der Waals surface area contributed by atoms with Gasteiger partial charge in [-0.15, -0.1) is 0 Å². The molecule has 0 saturated carbocycles. The van der Waals surface area contributed by atoms with Crippen molar-refractivity contribution in [2.45, 2.75) is 13.8 Å². The topological polar surface area (TPSA) is 106 Å². The molecule has 5 nitrogen and oxygen atoms in total. The van der Waals surface area contributed by atoms with Gasteiger partial charge in [0.25, 0.3) is 0 Å². The summed E-state index contributed by atoms with van der Waals surface area (Å²) < 4.78 is 0. The third kappa shape index (κ3) is 2.98. The average Bonchev–Trinajstić information content (AvgIpc) is 2.47. The fourth-order valence-electron chi connectivity index (χ4n) is 2.46. The molecular formula is C16H14NO4P-2. The highest BCUT2D eigenvalue weighted by molar-refractivity contribution is 7.39. The number of aryl methyl sites for hydroxylation is 1. The standard InChI is InChI=1S/C16H12O2.H2NO2P/c1-9-7-8-13-14(10(9)2)16(18)12-6-4-3-5-11(12)15(13)17;1-4(2)3/h3-8H,1-2H3;1H2/q;-2. The van der Waals surface area contributed by atoms with Gasteiger partial charge in [0, 0.05) is 22.3 Å². The molecular weight excluding hydrogens is 301 g/mol. The van der Waals surface area contributed by atoms with Gasteiger partial charge in [-0.05, 0) is 25.0 Å². The van der Waals surface area contributed by atoms with E-state index in [4.69, 9.17) is 9.79 Å². The molecule has 114 valence electrons. The molecule has 0 bridgehead atoms. The number of benzene rings is 2. The van der Waals surface area contributed by atoms with Crippen LogP contribution >= 0.6 is 8.53 Å². The molecule has 2 aromatic rings. The van der Waals surface area contributed by atoms with Crippen molar-refractivity contribution >= 4 is 20.1 Å². The zero-order valence-electron chi connectivity index (χ0n) is 12.1. The van der Waals surface area contributed by atoms with Gasteiger partial charge in [0.1, 0.15) is 0 Å².